The minimum absolute atomic E-state index is 0.426. The second-order valence-electron chi connectivity index (χ2n) is 6.78. The third-order valence-corrected chi connectivity index (χ3v) is 4.86. The second kappa shape index (κ2) is 7.24. The Bertz CT molecular complexity index is 1220. The van der Waals surface area contributed by atoms with Crippen LogP contribution in [0.2, 0.25) is 0 Å². The number of aromatic nitrogens is 5. The van der Waals surface area contributed by atoms with Crippen LogP contribution in [0.25, 0.3) is 28.0 Å². The molecule has 0 bridgehead atoms. The van der Waals surface area contributed by atoms with Crippen molar-refractivity contribution in [3.05, 3.63) is 91.3 Å². The molecule has 6 heteroatoms. The van der Waals surface area contributed by atoms with Gasteiger partial charge in [0.15, 0.2) is 0 Å². The van der Waals surface area contributed by atoms with Crippen LogP contribution in [-0.4, -0.2) is 24.1 Å². The average Bonchev–Trinajstić information content (AvgIpc) is 3.36. The van der Waals surface area contributed by atoms with E-state index in [-0.39, 0.29) is 0 Å². The van der Waals surface area contributed by atoms with Crippen LogP contribution in [0.15, 0.2) is 85.6 Å². The number of rotatable bonds is 5. The molecule has 0 saturated carbocycles. The van der Waals surface area contributed by atoms with Crippen molar-refractivity contribution in [3.63, 3.8) is 0 Å². The zero-order chi connectivity index (χ0) is 19.6. The van der Waals surface area contributed by atoms with Crippen molar-refractivity contribution >= 4 is 5.65 Å². The summed E-state index contributed by atoms with van der Waals surface area (Å²) in [5.74, 6) is 0.804. The van der Waals surface area contributed by atoms with Gasteiger partial charge in [-0.3, -0.25) is 9.67 Å². The predicted molar refractivity (Wildman–Crippen MR) is 111 cm³/mol. The summed E-state index contributed by atoms with van der Waals surface area (Å²) >= 11 is 0. The Morgan fingerprint density at radius 2 is 1.76 bits per heavy atom. The van der Waals surface area contributed by atoms with E-state index in [2.05, 4.69) is 27.2 Å². The van der Waals surface area contributed by atoms with E-state index in [1.807, 2.05) is 77.2 Å². The van der Waals surface area contributed by atoms with E-state index >= 15 is 0 Å². The minimum atomic E-state index is 0.426. The van der Waals surface area contributed by atoms with Crippen molar-refractivity contribution in [1.82, 2.24) is 24.1 Å². The van der Waals surface area contributed by atoms with Gasteiger partial charge in [0.1, 0.15) is 18.0 Å². The average molecular weight is 381 g/mol. The molecule has 0 unspecified atom stereocenters. The van der Waals surface area contributed by atoms with Crippen LogP contribution in [0.3, 0.4) is 0 Å². The number of hydrogen-bond acceptors (Lipinski definition) is 4. The molecule has 0 fully saturated rings. The molecule has 0 saturated heterocycles. The molecular formula is C23H19N5O. The first-order chi connectivity index (χ1) is 14.3. The van der Waals surface area contributed by atoms with Gasteiger partial charge in [0.05, 0.1) is 17.6 Å². The first kappa shape index (κ1) is 17.2. The molecule has 0 aliphatic heterocycles. The summed E-state index contributed by atoms with van der Waals surface area (Å²) in [6.45, 7) is 0.426. The highest BCUT2D eigenvalue weighted by Crippen LogP contribution is 2.32. The highest BCUT2D eigenvalue weighted by Gasteiger charge is 2.13. The first-order valence-corrected chi connectivity index (χ1v) is 9.36. The van der Waals surface area contributed by atoms with Gasteiger partial charge in [-0.2, -0.15) is 5.10 Å². The topological polar surface area (TPSA) is 57.2 Å². The fraction of sp³-hybridized carbons (Fsp3) is 0.0870. The van der Waals surface area contributed by atoms with Crippen LogP contribution in [0, 0.1) is 0 Å². The summed E-state index contributed by atoms with van der Waals surface area (Å²) < 4.78 is 9.81. The van der Waals surface area contributed by atoms with Crippen molar-refractivity contribution < 1.29 is 4.74 Å². The zero-order valence-electron chi connectivity index (χ0n) is 15.9. The van der Waals surface area contributed by atoms with Crippen LogP contribution in [0.1, 0.15) is 5.69 Å². The maximum absolute atomic E-state index is 5.93. The quantitative estimate of drug-likeness (QED) is 0.453. The van der Waals surface area contributed by atoms with E-state index in [1.165, 1.54) is 0 Å². The molecule has 0 spiro atoms. The summed E-state index contributed by atoms with van der Waals surface area (Å²) in [6.07, 6.45) is 9.44. The summed E-state index contributed by atoms with van der Waals surface area (Å²) in [4.78, 5) is 8.66. The van der Waals surface area contributed by atoms with Crippen molar-refractivity contribution in [2.45, 2.75) is 6.61 Å². The molecule has 0 radical (unpaired) electrons. The van der Waals surface area contributed by atoms with Crippen LogP contribution >= 0.6 is 0 Å². The molecule has 5 rings (SSSR count). The Hall–Kier alpha value is -3.93. The lowest BCUT2D eigenvalue weighted by Gasteiger charge is -2.09. The third kappa shape index (κ3) is 3.36. The smallest absolute Gasteiger partial charge is 0.137 e. The molecule has 0 atom stereocenters. The van der Waals surface area contributed by atoms with Crippen LogP contribution < -0.4 is 4.74 Å². The van der Waals surface area contributed by atoms with Gasteiger partial charge in [0.2, 0.25) is 0 Å². The van der Waals surface area contributed by atoms with Gasteiger partial charge in [-0.1, -0.05) is 6.07 Å². The van der Waals surface area contributed by atoms with Gasteiger partial charge in [0.25, 0.3) is 0 Å². The normalized spacial score (nSPS) is 11.1. The first-order valence-electron chi connectivity index (χ1n) is 9.36. The van der Waals surface area contributed by atoms with Gasteiger partial charge in [0, 0.05) is 43.0 Å². The lowest BCUT2D eigenvalue weighted by atomic mass is 10.0. The van der Waals surface area contributed by atoms with Gasteiger partial charge in [-0.25, -0.2) is 4.98 Å². The fourth-order valence-electron chi connectivity index (χ4n) is 3.45. The number of nitrogens with zero attached hydrogens (tertiary/aromatic N) is 5. The summed E-state index contributed by atoms with van der Waals surface area (Å²) in [7, 11) is 1.95. The molecule has 29 heavy (non-hydrogen) atoms. The van der Waals surface area contributed by atoms with E-state index in [9.17, 15) is 0 Å². The Balaban J connectivity index is 1.36. The van der Waals surface area contributed by atoms with Crippen LogP contribution in [-0.2, 0) is 13.7 Å². The Labute approximate surface area is 168 Å². The van der Waals surface area contributed by atoms with Gasteiger partial charge < -0.3 is 9.14 Å². The minimum Gasteiger partial charge on any atom is -0.487 e. The number of benzene rings is 1. The highest BCUT2D eigenvalue weighted by molar-refractivity contribution is 5.80. The van der Waals surface area contributed by atoms with Gasteiger partial charge in [-0.15, -0.1) is 0 Å². The molecule has 4 heterocycles. The number of fused-ring (bicyclic) bond motifs is 1. The molecule has 4 aromatic heterocycles. The number of hydrogen-bond donors (Lipinski definition) is 0. The summed E-state index contributed by atoms with van der Waals surface area (Å²) in [5, 5.41) is 4.44. The SMILES string of the molecule is Cn1ncc(-c2ccncc2)c1-c1ccc(OCc2cn3ccccc3n2)cc1. The van der Waals surface area contributed by atoms with Crippen molar-refractivity contribution in [3.8, 4) is 28.1 Å². The van der Waals surface area contributed by atoms with Gasteiger partial charge in [-0.05, 0) is 54.1 Å². The van der Waals surface area contributed by atoms with Crippen molar-refractivity contribution in [1.29, 1.82) is 0 Å². The van der Waals surface area contributed by atoms with Gasteiger partial charge >= 0.3 is 0 Å². The van der Waals surface area contributed by atoms with Crippen LogP contribution in [0.5, 0.6) is 5.75 Å². The van der Waals surface area contributed by atoms with Crippen LogP contribution in [0.4, 0.5) is 0 Å². The molecule has 6 nitrogen and oxygen atoms in total. The maximum Gasteiger partial charge on any atom is 0.137 e. The lowest BCUT2D eigenvalue weighted by Crippen LogP contribution is -1.97. The molecule has 0 amide bonds. The molecule has 0 aliphatic rings. The fourth-order valence-corrected chi connectivity index (χ4v) is 3.45. The summed E-state index contributed by atoms with van der Waals surface area (Å²) in [6, 6.07) is 18.0. The van der Waals surface area contributed by atoms with E-state index < -0.39 is 0 Å². The van der Waals surface area contributed by atoms with Crippen molar-refractivity contribution in [2.75, 3.05) is 0 Å². The molecule has 0 aliphatic carbocycles. The molecule has 142 valence electrons. The Morgan fingerprint density at radius 3 is 2.55 bits per heavy atom. The number of imidazole rings is 1. The molecule has 1 aromatic carbocycles. The number of aryl methyl sites for hydroxylation is 1. The molecule has 5 aromatic rings. The lowest BCUT2D eigenvalue weighted by molar-refractivity contribution is 0.302. The number of pyridine rings is 2. The molecular weight excluding hydrogens is 362 g/mol. The predicted octanol–water partition coefficient (Wildman–Crippen LogP) is 4.38. The van der Waals surface area contributed by atoms with E-state index in [0.717, 1.165) is 39.5 Å². The Morgan fingerprint density at radius 1 is 0.931 bits per heavy atom. The maximum atomic E-state index is 5.93. The van der Waals surface area contributed by atoms with Crippen molar-refractivity contribution in [2.24, 2.45) is 7.05 Å². The summed E-state index contributed by atoms with van der Waals surface area (Å²) in [5.41, 5.74) is 6.12. The monoisotopic (exact) mass is 381 g/mol. The zero-order valence-corrected chi connectivity index (χ0v) is 15.9. The second-order valence-corrected chi connectivity index (χ2v) is 6.78. The molecule has 0 N–H and O–H groups in total. The largest absolute Gasteiger partial charge is 0.487 e. The standard InChI is InChI=1S/C23H19N5O/c1-27-23(21(14-25-27)17-9-11-24-12-10-17)18-5-7-20(8-6-18)29-16-19-15-28-13-3-2-4-22(28)26-19/h2-15H,16H2,1H3. The van der Waals surface area contributed by atoms with E-state index in [4.69, 9.17) is 4.74 Å². The Kier molecular flexibility index (Phi) is 4.29. The third-order valence-electron chi connectivity index (χ3n) is 4.86. The van der Waals surface area contributed by atoms with E-state index in [1.54, 1.807) is 12.4 Å². The number of ether oxygens (including phenoxy) is 1. The van der Waals surface area contributed by atoms with E-state index in [0.29, 0.717) is 6.61 Å². The highest BCUT2D eigenvalue weighted by atomic mass is 16.5.